The summed E-state index contributed by atoms with van der Waals surface area (Å²) in [6.45, 7) is 4.85. The van der Waals surface area contributed by atoms with Crippen molar-refractivity contribution < 1.29 is 4.42 Å². The van der Waals surface area contributed by atoms with E-state index in [1.807, 2.05) is 0 Å². The Hall–Kier alpha value is -5.51. The lowest BCUT2D eigenvalue weighted by atomic mass is 10.1. The molecule has 47 heavy (non-hydrogen) atoms. The Morgan fingerprint density at radius 2 is 0.702 bits per heavy atom. The van der Waals surface area contributed by atoms with Gasteiger partial charge in [0.25, 0.3) is 0 Å². The van der Waals surface area contributed by atoms with Crippen molar-refractivity contribution in [3.63, 3.8) is 0 Å². The van der Waals surface area contributed by atoms with E-state index in [1.54, 1.807) is 0 Å². The Morgan fingerprint density at radius 1 is 0.404 bits per heavy atom. The second kappa shape index (κ2) is 11.1. The highest BCUT2D eigenvalue weighted by Gasteiger charge is 2.30. The molecule has 0 bridgehead atoms. The molecule has 2 aliphatic rings. The summed E-state index contributed by atoms with van der Waals surface area (Å²) in [5.41, 5.74) is 9.11. The molecule has 9 rings (SSSR count). The number of hydrogen-bond acceptors (Lipinski definition) is 5. The minimum absolute atomic E-state index is 0.508. The highest BCUT2D eigenvalue weighted by atomic mass is 28.3. The third-order valence-electron chi connectivity index (χ3n) is 9.75. The molecule has 2 aliphatic heterocycles. The van der Waals surface area contributed by atoms with Gasteiger partial charge in [-0.25, -0.2) is 0 Å². The standard InChI is InChI=1S/C40H32N4OSi2/c1-46-35-15-7-3-11-31(35)43(32-12-4-8-16-36(32)46)29-23-19-27(20-24-29)39-41-42-40(45-39)28-21-25-30(26-22-28)44-33-13-5-9-17-37(33)47(2)38-18-10-6-14-34(38)44/h3-26,46-47H,1-2H3. The van der Waals surface area contributed by atoms with Crippen LogP contribution in [-0.2, 0) is 0 Å². The van der Waals surface area contributed by atoms with Crippen molar-refractivity contribution in [3.05, 3.63) is 146 Å². The zero-order chi connectivity index (χ0) is 31.5. The first-order valence-corrected chi connectivity index (χ1v) is 20.8. The lowest BCUT2D eigenvalue weighted by Crippen LogP contribution is -2.47. The minimum Gasteiger partial charge on any atom is -0.416 e. The van der Waals surface area contributed by atoms with Crippen LogP contribution in [0, 0.1) is 0 Å². The molecule has 3 heterocycles. The summed E-state index contributed by atoms with van der Waals surface area (Å²) in [6, 6.07) is 52.2. The van der Waals surface area contributed by atoms with Crippen LogP contribution in [0.1, 0.15) is 0 Å². The summed E-state index contributed by atoms with van der Waals surface area (Å²) in [4.78, 5) is 4.76. The van der Waals surface area contributed by atoms with Crippen molar-refractivity contribution in [3.8, 4) is 22.9 Å². The van der Waals surface area contributed by atoms with Crippen LogP contribution in [0.2, 0.25) is 13.1 Å². The van der Waals surface area contributed by atoms with Gasteiger partial charge in [0.2, 0.25) is 11.8 Å². The molecule has 0 atom stereocenters. The molecule has 1 aromatic heterocycles. The lowest BCUT2D eigenvalue weighted by Gasteiger charge is -2.36. The Labute approximate surface area is 277 Å². The van der Waals surface area contributed by atoms with Gasteiger partial charge in [-0.2, -0.15) is 0 Å². The summed E-state index contributed by atoms with van der Waals surface area (Å²) in [6.07, 6.45) is 0. The molecule has 0 unspecified atom stereocenters. The maximum Gasteiger partial charge on any atom is 0.248 e. The van der Waals surface area contributed by atoms with Crippen LogP contribution in [-0.4, -0.2) is 27.8 Å². The van der Waals surface area contributed by atoms with Crippen LogP contribution in [0.3, 0.4) is 0 Å². The van der Waals surface area contributed by atoms with Gasteiger partial charge in [-0.15, -0.1) is 10.2 Å². The first-order valence-electron chi connectivity index (χ1n) is 16.2. The Balaban J connectivity index is 1.01. The predicted octanol–water partition coefficient (Wildman–Crippen LogP) is 6.91. The van der Waals surface area contributed by atoms with Crippen LogP contribution in [0.15, 0.2) is 150 Å². The molecule has 0 N–H and O–H groups in total. The molecule has 0 aliphatic carbocycles. The Bertz CT molecular complexity index is 2010. The maximum absolute atomic E-state index is 6.24. The van der Waals surface area contributed by atoms with Crippen LogP contribution >= 0.6 is 0 Å². The largest absolute Gasteiger partial charge is 0.416 e. The number of nitrogens with zero attached hydrogens (tertiary/aromatic N) is 4. The van der Waals surface area contributed by atoms with E-state index < -0.39 is 17.6 Å². The summed E-state index contributed by atoms with van der Waals surface area (Å²) < 4.78 is 6.24. The van der Waals surface area contributed by atoms with E-state index in [4.69, 9.17) is 4.42 Å². The molecule has 0 amide bonds. The van der Waals surface area contributed by atoms with Gasteiger partial charge in [-0.05, 0) is 93.5 Å². The third-order valence-corrected chi connectivity index (χ3v) is 15.4. The lowest BCUT2D eigenvalue weighted by molar-refractivity contribution is 0.584. The zero-order valence-corrected chi connectivity index (χ0v) is 28.5. The van der Waals surface area contributed by atoms with Crippen LogP contribution in [0.4, 0.5) is 34.1 Å². The second-order valence-corrected chi connectivity index (χ2v) is 17.7. The van der Waals surface area contributed by atoms with Gasteiger partial charge in [0.05, 0.1) is 0 Å². The van der Waals surface area contributed by atoms with Gasteiger partial charge in [0, 0.05) is 45.3 Å². The van der Waals surface area contributed by atoms with E-state index in [-0.39, 0.29) is 0 Å². The number of fused-ring (bicyclic) bond motifs is 4. The fraction of sp³-hybridized carbons (Fsp3) is 0.0500. The Kier molecular flexibility index (Phi) is 6.55. The second-order valence-electron chi connectivity index (χ2n) is 12.4. The summed E-state index contributed by atoms with van der Waals surface area (Å²) in [5, 5.41) is 14.7. The summed E-state index contributed by atoms with van der Waals surface area (Å²) >= 11 is 0. The minimum atomic E-state index is -1.26. The van der Waals surface area contributed by atoms with E-state index in [0.717, 1.165) is 22.5 Å². The van der Waals surface area contributed by atoms with Crippen molar-refractivity contribution in [1.82, 2.24) is 10.2 Å². The van der Waals surface area contributed by atoms with E-state index >= 15 is 0 Å². The molecule has 7 heteroatoms. The SMILES string of the molecule is C[SiH]1c2ccccc2N(c2ccc(-c3nnc(-c4ccc(N5c6ccccc6[SiH](C)c6ccccc65)cc4)o3)cc2)c2ccccc21. The topological polar surface area (TPSA) is 45.4 Å². The van der Waals surface area contributed by atoms with Gasteiger partial charge in [0.1, 0.15) is 17.6 Å². The normalized spacial score (nSPS) is 13.9. The van der Waals surface area contributed by atoms with Crippen molar-refractivity contribution in [2.45, 2.75) is 13.1 Å². The fourth-order valence-electron chi connectivity index (χ4n) is 7.34. The molecular formula is C40H32N4OSi2. The average Bonchev–Trinajstić information content (AvgIpc) is 3.63. The summed E-state index contributed by atoms with van der Waals surface area (Å²) in [7, 11) is -2.52. The number of anilines is 6. The molecule has 7 aromatic rings. The molecule has 0 spiro atoms. The van der Waals surface area contributed by atoms with Crippen molar-refractivity contribution in [2.75, 3.05) is 9.80 Å². The van der Waals surface area contributed by atoms with Gasteiger partial charge >= 0.3 is 0 Å². The number of rotatable bonds is 4. The Morgan fingerprint density at radius 3 is 1.02 bits per heavy atom. The smallest absolute Gasteiger partial charge is 0.248 e. The van der Waals surface area contributed by atoms with Gasteiger partial charge < -0.3 is 14.2 Å². The fourth-order valence-corrected chi connectivity index (χ4v) is 12.3. The first-order chi connectivity index (χ1) is 23.2. The van der Waals surface area contributed by atoms with Crippen LogP contribution in [0.5, 0.6) is 0 Å². The third kappa shape index (κ3) is 4.50. The molecule has 0 fully saturated rings. The first kappa shape index (κ1) is 27.8. The molecule has 226 valence electrons. The van der Waals surface area contributed by atoms with Gasteiger partial charge in [0.15, 0.2) is 0 Å². The van der Waals surface area contributed by atoms with E-state index in [1.165, 1.54) is 43.5 Å². The van der Waals surface area contributed by atoms with E-state index in [9.17, 15) is 0 Å². The van der Waals surface area contributed by atoms with Gasteiger partial charge in [-0.1, -0.05) is 85.9 Å². The molecular weight excluding hydrogens is 609 g/mol. The van der Waals surface area contributed by atoms with Crippen molar-refractivity contribution >= 4 is 72.5 Å². The maximum atomic E-state index is 6.24. The predicted molar refractivity (Wildman–Crippen MR) is 199 cm³/mol. The highest BCUT2D eigenvalue weighted by Crippen LogP contribution is 2.38. The highest BCUT2D eigenvalue weighted by molar-refractivity contribution is 6.87. The van der Waals surface area contributed by atoms with Crippen LogP contribution in [0.25, 0.3) is 22.9 Å². The number of hydrogen-bond donors (Lipinski definition) is 0. The zero-order valence-electron chi connectivity index (χ0n) is 26.2. The molecule has 0 radical (unpaired) electrons. The molecule has 0 saturated heterocycles. The molecule has 0 saturated carbocycles. The average molecular weight is 641 g/mol. The van der Waals surface area contributed by atoms with Crippen LogP contribution < -0.4 is 30.5 Å². The summed E-state index contributed by atoms with van der Waals surface area (Å²) in [5.74, 6) is 1.02. The number of para-hydroxylation sites is 4. The molecule has 5 nitrogen and oxygen atoms in total. The van der Waals surface area contributed by atoms with Gasteiger partial charge in [-0.3, -0.25) is 0 Å². The van der Waals surface area contributed by atoms with Crippen molar-refractivity contribution in [1.29, 1.82) is 0 Å². The van der Waals surface area contributed by atoms with E-state index in [2.05, 4.69) is 179 Å². The van der Waals surface area contributed by atoms with E-state index in [0.29, 0.717) is 11.8 Å². The monoisotopic (exact) mass is 640 g/mol. The quantitative estimate of drug-likeness (QED) is 0.196. The number of aromatic nitrogens is 2. The molecule has 6 aromatic carbocycles. The number of benzene rings is 6. The van der Waals surface area contributed by atoms with Crippen molar-refractivity contribution in [2.24, 2.45) is 0 Å².